The third-order valence-corrected chi connectivity index (χ3v) is 4.06. The van der Waals surface area contributed by atoms with Crippen molar-refractivity contribution in [2.24, 2.45) is 0 Å². The van der Waals surface area contributed by atoms with Gasteiger partial charge < -0.3 is 15.5 Å². The standard InChI is InChI=1S/C17H28N4O/c1-3-18-14(2)12-20-17(22)15-8-9-16(19-13-15)21-10-6-4-5-7-11-21/h8-9,13-14,18H,3-7,10-12H2,1-2H3,(H,20,22)/t14-/m1/s1. The molecule has 0 spiro atoms. The van der Waals surface area contributed by atoms with Crippen LogP contribution in [-0.4, -0.2) is 43.1 Å². The Kier molecular flexibility index (Phi) is 6.65. The van der Waals surface area contributed by atoms with Gasteiger partial charge in [-0.2, -0.15) is 0 Å². The quantitative estimate of drug-likeness (QED) is 0.846. The van der Waals surface area contributed by atoms with Crippen LogP contribution >= 0.6 is 0 Å². The Morgan fingerprint density at radius 1 is 1.27 bits per heavy atom. The number of rotatable bonds is 6. The van der Waals surface area contributed by atoms with Crippen molar-refractivity contribution in [1.29, 1.82) is 0 Å². The van der Waals surface area contributed by atoms with Gasteiger partial charge in [-0.05, 0) is 38.4 Å². The molecule has 0 radical (unpaired) electrons. The Morgan fingerprint density at radius 3 is 2.59 bits per heavy atom. The zero-order chi connectivity index (χ0) is 15.8. The highest BCUT2D eigenvalue weighted by atomic mass is 16.1. The molecule has 1 amide bonds. The molecule has 1 aromatic heterocycles. The smallest absolute Gasteiger partial charge is 0.252 e. The van der Waals surface area contributed by atoms with Gasteiger partial charge in [-0.1, -0.05) is 19.8 Å². The highest BCUT2D eigenvalue weighted by molar-refractivity contribution is 5.94. The molecule has 1 fully saturated rings. The predicted octanol–water partition coefficient (Wildman–Crippen LogP) is 2.19. The van der Waals surface area contributed by atoms with Crippen molar-refractivity contribution < 1.29 is 4.79 Å². The maximum atomic E-state index is 12.1. The van der Waals surface area contributed by atoms with Crippen LogP contribution in [0.4, 0.5) is 5.82 Å². The lowest BCUT2D eigenvalue weighted by Crippen LogP contribution is -2.38. The summed E-state index contributed by atoms with van der Waals surface area (Å²) < 4.78 is 0. The number of aromatic nitrogens is 1. The molecule has 5 heteroatoms. The van der Waals surface area contributed by atoms with E-state index in [1.165, 1.54) is 25.7 Å². The van der Waals surface area contributed by atoms with Gasteiger partial charge in [0.1, 0.15) is 5.82 Å². The molecule has 0 aliphatic carbocycles. The summed E-state index contributed by atoms with van der Waals surface area (Å²) in [6, 6.07) is 4.12. The number of anilines is 1. The topological polar surface area (TPSA) is 57.3 Å². The van der Waals surface area contributed by atoms with Crippen molar-refractivity contribution in [3.8, 4) is 0 Å². The van der Waals surface area contributed by atoms with Gasteiger partial charge in [-0.15, -0.1) is 0 Å². The minimum absolute atomic E-state index is 0.0559. The highest BCUT2D eigenvalue weighted by Crippen LogP contribution is 2.17. The lowest BCUT2D eigenvalue weighted by Gasteiger charge is -2.21. The zero-order valence-corrected chi connectivity index (χ0v) is 13.8. The van der Waals surface area contributed by atoms with Crippen LogP contribution in [-0.2, 0) is 0 Å². The number of nitrogens with one attached hydrogen (secondary N) is 2. The molecular formula is C17H28N4O. The lowest BCUT2D eigenvalue weighted by atomic mass is 10.2. The molecule has 1 atom stereocenters. The van der Waals surface area contributed by atoms with E-state index in [4.69, 9.17) is 0 Å². The van der Waals surface area contributed by atoms with Gasteiger partial charge in [0.15, 0.2) is 0 Å². The van der Waals surface area contributed by atoms with Gasteiger partial charge in [-0.25, -0.2) is 4.98 Å². The van der Waals surface area contributed by atoms with Crippen molar-refractivity contribution >= 4 is 11.7 Å². The average Bonchev–Trinajstić information content (AvgIpc) is 2.82. The number of carbonyl (C=O) groups excluding carboxylic acids is 1. The first-order valence-corrected chi connectivity index (χ1v) is 8.43. The van der Waals surface area contributed by atoms with Crippen LogP contribution in [0.2, 0.25) is 0 Å². The van der Waals surface area contributed by atoms with Crippen molar-refractivity contribution in [1.82, 2.24) is 15.6 Å². The average molecular weight is 304 g/mol. The van der Waals surface area contributed by atoms with Gasteiger partial charge in [0, 0.05) is 31.9 Å². The second-order valence-corrected chi connectivity index (χ2v) is 5.98. The molecule has 1 aromatic rings. The maximum absolute atomic E-state index is 12.1. The van der Waals surface area contributed by atoms with Crippen LogP contribution in [0.3, 0.4) is 0 Å². The van der Waals surface area contributed by atoms with E-state index in [2.05, 4.69) is 34.4 Å². The number of hydrogen-bond donors (Lipinski definition) is 2. The maximum Gasteiger partial charge on any atom is 0.252 e. The molecule has 0 bridgehead atoms. The molecule has 0 aromatic carbocycles. The van der Waals surface area contributed by atoms with Crippen LogP contribution in [0.1, 0.15) is 49.9 Å². The Morgan fingerprint density at radius 2 is 2.00 bits per heavy atom. The molecule has 0 unspecified atom stereocenters. The van der Waals surface area contributed by atoms with E-state index in [0.717, 1.165) is 25.5 Å². The summed E-state index contributed by atoms with van der Waals surface area (Å²) in [5.41, 5.74) is 0.627. The predicted molar refractivity (Wildman–Crippen MR) is 90.4 cm³/mol. The Labute approximate surface area is 133 Å². The summed E-state index contributed by atoms with van der Waals surface area (Å²) in [7, 11) is 0. The number of pyridine rings is 1. The van der Waals surface area contributed by atoms with Crippen LogP contribution in [0.15, 0.2) is 18.3 Å². The Hall–Kier alpha value is -1.62. The van der Waals surface area contributed by atoms with E-state index < -0.39 is 0 Å². The molecule has 1 aliphatic heterocycles. The molecule has 0 saturated carbocycles. The van der Waals surface area contributed by atoms with E-state index >= 15 is 0 Å². The summed E-state index contributed by atoms with van der Waals surface area (Å²) in [5, 5.41) is 6.21. The van der Waals surface area contributed by atoms with E-state index in [0.29, 0.717) is 12.1 Å². The molecule has 1 saturated heterocycles. The number of amides is 1. The summed E-state index contributed by atoms with van der Waals surface area (Å²) >= 11 is 0. The van der Waals surface area contributed by atoms with Crippen LogP contribution in [0, 0.1) is 0 Å². The van der Waals surface area contributed by atoms with Crippen LogP contribution in [0.5, 0.6) is 0 Å². The third kappa shape index (κ3) is 4.98. The fourth-order valence-electron chi connectivity index (χ4n) is 2.78. The Balaban J connectivity index is 1.89. The van der Waals surface area contributed by atoms with Crippen molar-refractivity contribution in [2.45, 2.75) is 45.6 Å². The monoisotopic (exact) mass is 304 g/mol. The molecule has 122 valence electrons. The fourth-order valence-corrected chi connectivity index (χ4v) is 2.78. The fraction of sp³-hybridized carbons (Fsp3) is 0.647. The molecule has 2 rings (SSSR count). The van der Waals surface area contributed by atoms with Crippen LogP contribution in [0.25, 0.3) is 0 Å². The first kappa shape index (κ1) is 16.7. The third-order valence-electron chi connectivity index (χ3n) is 4.06. The molecule has 2 N–H and O–H groups in total. The van der Waals surface area contributed by atoms with E-state index in [9.17, 15) is 4.79 Å². The highest BCUT2D eigenvalue weighted by Gasteiger charge is 2.12. The molecule has 2 heterocycles. The van der Waals surface area contributed by atoms with Gasteiger partial charge in [0.2, 0.25) is 0 Å². The van der Waals surface area contributed by atoms with Gasteiger partial charge in [0.25, 0.3) is 5.91 Å². The minimum atomic E-state index is -0.0559. The molecule has 1 aliphatic rings. The second kappa shape index (κ2) is 8.73. The molecule has 22 heavy (non-hydrogen) atoms. The normalized spacial score (nSPS) is 16.9. The summed E-state index contributed by atoms with van der Waals surface area (Å²) in [5.74, 6) is 0.930. The van der Waals surface area contributed by atoms with Gasteiger partial charge in [-0.3, -0.25) is 4.79 Å². The van der Waals surface area contributed by atoms with Crippen LogP contribution < -0.4 is 15.5 Å². The van der Waals surface area contributed by atoms with E-state index in [1.54, 1.807) is 6.20 Å². The first-order chi connectivity index (χ1) is 10.7. The zero-order valence-electron chi connectivity index (χ0n) is 13.8. The summed E-state index contributed by atoms with van der Waals surface area (Å²) in [4.78, 5) is 18.9. The number of hydrogen-bond acceptors (Lipinski definition) is 4. The largest absolute Gasteiger partial charge is 0.357 e. The number of likely N-dealkylation sites (N-methyl/N-ethyl adjacent to an activating group) is 1. The van der Waals surface area contributed by atoms with E-state index in [-0.39, 0.29) is 11.9 Å². The van der Waals surface area contributed by atoms with Crippen molar-refractivity contribution in [2.75, 3.05) is 31.1 Å². The first-order valence-electron chi connectivity index (χ1n) is 8.43. The van der Waals surface area contributed by atoms with Crippen molar-refractivity contribution in [3.63, 3.8) is 0 Å². The number of nitrogens with zero attached hydrogens (tertiary/aromatic N) is 2. The molecular weight excluding hydrogens is 276 g/mol. The van der Waals surface area contributed by atoms with Gasteiger partial charge >= 0.3 is 0 Å². The summed E-state index contributed by atoms with van der Waals surface area (Å²) in [6.45, 7) is 7.79. The van der Waals surface area contributed by atoms with Gasteiger partial charge in [0.05, 0.1) is 5.56 Å². The SMILES string of the molecule is CCN[C@H](C)CNC(=O)c1ccc(N2CCCCCC2)nc1. The second-order valence-electron chi connectivity index (χ2n) is 5.98. The minimum Gasteiger partial charge on any atom is -0.357 e. The van der Waals surface area contributed by atoms with Crippen molar-refractivity contribution in [3.05, 3.63) is 23.9 Å². The Bertz CT molecular complexity index is 452. The number of carbonyl (C=O) groups is 1. The lowest BCUT2D eigenvalue weighted by molar-refractivity contribution is 0.0950. The molecule has 5 nitrogen and oxygen atoms in total. The summed E-state index contributed by atoms with van der Waals surface area (Å²) in [6.07, 6.45) is 6.76. The van der Waals surface area contributed by atoms with E-state index in [1.807, 2.05) is 12.1 Å².